The van der Waals surface area contributed by atoms with Crippen molar-refractivity contribution in [3.63, 3.8) is 0 Å². The number of para-hydroxylation sites is 1. The third-order valence-corrected chi connectivity index (χ3v) is 4.33. The Morgan fingerprint density at radius 3 is 2.65 bits per heavy atom. The second kappa shape index (κ2) is 6.18. The van der Waals surface area contributed by atoms with Crippen LogP contribution < -0.4 is 0 Å². The number of ketones is 1. The van der Waals surface area contributed by atoms with Gasteiger partial charge in [0.15, 0.2) is 5.78 Å². The molecule has 2 aromatic carbocycles. The lowest BCUT2D eigenvalue weighted by Crippen LogP contribution is -1.96. The summed E-state index contributed by atoms with van der Waals surface area (Å²) in [6, 6.07) is 15.8. The quantitative estimate of drug-likeness (QED) is 0.401. The number of aromatic nitrogens is 1. The van der Waals surface area contributed by atoms with E-state index in [1.54, 1.807) is 6.07 Å². The van der Waals surface area contributed by atoms with E-state index in [-0.39, 0.29) is 11.5 Å². The van der Waals surface area contributed by atoms with E-state index in [9.17, 15) is 14.9 Å². The topological polar surface area (TPSA) is 73.1 Å². The number of Topliss-reactive ketones (excluding diaryl/α,β-unsaturated/α-hetero) is 1. The monoisotopic (exact) mass is 324 g/mol. The maximum atomic E-state index is 11.5. The van der Waals surface area contributed by atoms with Crippen LogP contribution in [0.1, 0.15) is 17.3 Å². The number of carbonyl (C=O) groups excluding carboxylic acids is 1. The normalized spacial score (nSPS) is 10.7. The standard InChI is InChI=1S/C17H12N2O3S/c1-11(20)13-6-8-15(19(21)22)16(10-13)23-17-9-7-12-4-2-3-5-14(12)18-17/h2-10H,1H3. The number of carbonyl (C=O) groups is 1. The number of nitrogens with zero attached hydrogens (tertiary/aromatic N) is 2. The fourth-order valence-corrected chi connectivity index (χ4v) is 3.12. The van der Waals surface area contributed by atoms with Gasteiger partial charge in [-0.1, -0.05) is 36.0 Å². The molecule has 0 bridgehead atoms. The van der Waals surface area contributed by atoms with E-state index in [0.29, 0.717) is 15.5 Å². The molecule has 0 aliphatic heterocycles. The minimum Gasteiger partial charge on any atom is -0.295 e. The molecule has 3 aromatic rings. The Morgan fingerprint density at radius 2 is 1.91 bits per heavy atom. The maximum Gasteiger partial charge on any atom is 0.283 e. The molecule has 114 valence electrons. The van der Waals surface area contributed by atoms with E-state index in [4.69, 9.17) is 0 Å². The van der Waals surface area contributed by atoms with Crippen LogP contribution in [0.5, 0.6) is 0 Å². The summed E-state index contributed by atoms with van der Waals surface area (Å²) in [7, 11) is 0. The number of rotatable bonds is 4. The number of benzene rings is 2. The zero-order valence-corrected chi connectivity index (χ0v) is 13.0. The molecular formula is C17H12N2O3S. The van der Waals surface area contributed by atoms with E-state index in [1.165, 1.54) is 30.8 Å². The average Bonchev–Trinajstić information content (AvgIpc) is 2.54. The van der Waals surface area contributed by atoms with E-state index in [0.717, 1.165) is 10.9 Å². The van der Waals surface area contributed by atoms with Crippen LogP contribution in [0.4, 0.5) is 5.69 Å². The molecule has 0 aliphatic rings. The molecule has 1 heterocycles. The van der Waals surface area contributed by atoms with Gasteiger partial charge in [-0.15, -0.1) is 0 Å². The Labute approximate surface area is 136 Å². The van der Waals surface area contributed by atoms with Gasteiger partial charge in [-0.05, 0) is 31.2 Å². The van der Waals surface area contributed by atoms with Gasteiger partial charge in [-0.3, -0.25) is 14.9 Å². The molecule has 0 spiro atoms. The highest BCUT2D eigenvalue weighted by atomic mass is 32.2. The van der Waals surface area contributed by atoms with Crippen molar-refractivity contribution >= 4 is 34.1 Å². The van der Waals surface area contributed by atoms with Gasteiger partial charge in [0.05, 0.1) is 15.3 Å². The maximum absolute atomic E-state index is 11.5. The van der Waals surface area contributed by atoms with E-state index in [2.05, 4.69) is 4.98 Å². The van der Waals surface area contributed by atoms with Crippen molar-refractivity contribution in [1.82, 2.24) is 4.98 Å². The predicted molar refractivity (Wildman–Crippen MR) is 89.0 cm³/mol. The van der Waals surface area contributed by atoms with Gasteiger partial charge in [-0.25, -0.2) is 4.98 Å². The molecule has 0 radical (unpaired) electrons. The average molecular weight is 324 g/mol. The first kappa shape index (κ1) is 15.2. The van der Waals surface area contributed by atoms with Gasteiger partial charge in [-0.2, -0.15) is 0 Å². The third-order valence-electron chi connectivity index (χ3n) is 3.35. The van der Waals surface area contributed by atoms with Gasteiger partial charge in [0.25, 0.3) is 5.69 Å². The van der Waals surface area contributed by atoms with Crippen LogP contribution in [-0.2, 0) is 0 Å². The van der Waals surface area contributed by atoms with Crippen molar-refractivity contribution < 1.29 is 9.72 Å². The molecule has 6 heteroatoms. The predicted octanol–water partition coefficient (Wildman–Crippen LogP) is 4.50. The fraction of sp³-hybridized carbons (Fsp3) is 0.0588. The number of nitro groups is 1. The number of fused-ring (bicyclic) bond motifs is 1. The molecule has 1 aromatic heterocycles. The van der Waals surface area contributed by atoms with E-state index < -0.39 is 4.92 Å². The van der Waals surface area contributed by atoms with Crippen molar-refractivity contribution in [2.75, 3.05) is 0 Å². The SMILES string of the molecule is CC(=O)c1ccc([N+](=O)[O-])c(Sc2ccc3ccccc3n2)c1. The van der Waals surface area contributed by atoms with Crippen LogP contribution in [-0.4, -0.2) is 15.7 Å². The lowest BCUT2D eigenvalue weighted by Gasteiger charge is -2.05. The van der Waals surface area contributed by atoms with Gasteiger partial charge in [0.2, 0.25) is 0 Å². The Kier molecular flexibility index (Phi) is 4.08. The van der Waals surface area contributed by atoms with Crippen molar-refractivity contribution in [3.05, 3.63) is 70.3 Å². The van der Waals surface area contributed by atoms with E-state index in [1.807, 2.05) is 36.4 Å². The zero-order valence-electron chi connectivity index (χ0n) is 12.2. The molecule has 3 rings (SSSR count). The molecule has 0 N–H and O–H groups in total. The van der Waals surface area contributed by atoms with Crippen molar-refractivity contribution in [1.29, 1.82) is 0 Å². The Hall–Kier alpha value is -2.73. The largest absolute Gasteiger partial charge is 0.295 e. The van der Waals surface area contributed by atoms with Crippen molar-refractivity contribution in [2.24, 2.45) is 0 Å². The summed E-state index contributed by atoms with van der Waals surface area (Å²) < 4.78 is 0. The first-order valence-corrected chi connectivity index (χ1v) is 7.69. The molecule has 0 amide bonds. The molecule has 0 fully saturated rings. The Bertz CT molecular complexity index is 925. The van der Waals surface area contributed by atoms with Crippen molar-refractivity contribution in [3.8, 4) is 0 Å². The number of nitro benzene ring substituents is 1. The van der Waals surface area contributed by atoms with E-state index >= 15 is 0 Å². The molecule has 0 aliphatic carbocycles. The lowest BCUT2D eigenvalue weighted by molar-refractivity contribution is -0.387. The highest BCUT2D eigenvalue weighted by molar-refractivity contribution is 7.99. The molecular weight excluding hydrogens is 312 g/mol. The summed E-state index contributed by atoms with van der Waals surface area (Å²) in [5.41, 5.74) is 1.23. The molecule has 23 heavy (non-hydrogen) atoms. The highest BCUT2D eigenvalue weighted by Crippen LogP contribution is 2.35. The number of pyridine rings is 1. The highest BCUT2D eigenvalue weighted by Gasteiger charge is 2.17. The van der Waals surface area contributed by atoms with Gasteiger partial charge in [0, 0.05) is 17.0 Å². The molecule has 0 saturated carbocycles. The number of hydrogen-bond donors (Lipinski definition) is 0. The first-order chi connectivity index (χ1) is 11.0. The molecule has 0 saturated heterocycles. The van der Waals surface area contributed by atoms with Gasteiger partial charge in [0.1, 0.15) is 5.03 Å². The summed E-state index contributed by atoms with van der Waals surface area (Å²) in [6.45, 7) is 1.43. The van der Waals surface area contributed by atoms with Crippen LogP contribution in [0.25, 0.3) is 10.9 Å². The van der Waals surface area contributed by atoms with Crippen molar-refractivity contribution in [2.45, 2.75) is 16.8 Å². The van der Waals surface area contributed by atoms with Crippen LogP contribution in [0.3, 0.4) is 0 Å². The lowest BCUT2D eigenvalue weighted by atomic mass is 10.1. The molecule has 0 atom stereocenters. The van der Waals surface area contributed by atoms with Crippen LogP contribution >= 0.6 is 11.8 Å². The molecule has 0 unspecified atom stereocenters. The molecule has 5 nitrogen and oxygen atoms in total. The van der Waals surface area contributed by atoms with Crippen LogP contribution in [0, 0.1) is 10.1 Å². The summed E-state index contributed by atoms with van der Waals surface area (Å²) >= 11 is 1.18. The summed E-state index contributed by atoms with van der Waals surface area (Å²) in [5, 5.41) is 12.8. The van der Waals surface area contributed by atoms with Gasteiger partial charge < -0.3 is 0 Å². The second-order valence-corrected chi connectivity index (χ2v) is 6.00. The fourth-order valence-electron chi connectivity index (χ4n) is 2.18. The number of hydrogen-bond acceptors (Lipinski definition) is 5. The zero-order chi connectivity index (χ0) is 16.4. The van der Waals surface area contributed by atoms with Crippen LogP contribution in [0.2, 0.25) is 0 Å². The Morgan fingerprint density at radius 1 is 1.13 bits per heavy atom. The Balaban J connectivity index is 2.04. The van der Waals surface area contributed by atoms with Gasteiger partial charge >= 0.3 is 0 Å². The van der Waals surface area contributed by atoms with Crippen LogP contribution in [0.15, 0.2) is 64.5 Å². The second-order valence-electron chi connectivity index (χ2n) is 4.94. The summed E-state index contributed by atoms with van der Waals surface area (Å²) in [5.74, 6) is -0.131. The smallest absolute Gasteiger partial charge is 0.283 e. The summed E-state index contributed by atoms with van der Waals surface area (Å²) in [4.78, 5) is 27.2. The first-order valence-electron chi connectivity index (χ1n) is 6.87. The minimum absolute atomic E-state index is 0.0324. The minimum atomic E-state index is -0.451. The third kappa shape index (κ3) is 3.22. The summed E-state index contributed by atoms with van der Waals surface area (Å²) in [6.07, 6.45) is 0.